The Morgan fingerprint density at radius 2 is 2.13 bits per heavy atom. The summed E-state index contributed by atoms with van der Waals surface area (Å²) < 4.78 is 18.3. The fourth-order valence-electron chi connectivity index (χ4n) is 1.34. The van der Waals surface area contributed by atoms with Crippen molar-refractivity contribution < 1.29 is 14.2 Å². The molecule has 84 valence electrons. The quantitative estimate of drug-likeness (QED) is 0.785. The number of halogens is 1. The van der Waals surface area contributed by atoms with Crippen molar-refractivity contribution in [3.8, 4) is 0 Å². The van der Waals surface area contributed by atoms with Crippen molar-refractivity contribution in [2.24, 2.45) is 0 Å². The van der Waals surface area contributed by atoms with E-state index in [1.54, 1.807) is 18.2 Å². The van der Waals surface area contributed by atoms with E-state index in [1.807, 2.05) is 6.92 Å². The molecule has 1 unspecified atom stereocenters. The lowest BCUT2D eigenvalue weighted by Crippen LogP contribution is -2.14. The molecule has 15 heavy (non-hydrogen) atoms. The zero-order chi connectivity index (χ0) is 11.1. The highest BCUT2D eigenvalue weighted by Crippen LogP contribution is 2.08. The normalized spacial score (nSPS) is 12.7. The lowest BCUT2D eigenvalue weighted by atomic mass is 10.2. The third-order valence-corrected chi connectivity index (χ3v) is 2.15. The smallest absolute Gasteiger partial charge is 0.128 e. The molecule has 2 nitrogen and oxygen atoms in total. The maximum Gasteiger partial charge on any atom is 0.128 e. The van der Waals surface area contributed by atoms with Gasteiger partial charge in [-0.05, 0) is 12.5 Å². The average Bonchev–Trinajstić information content (AvgIpc) is 2.21. The van der Waals surface area contributed by atoms with Gasteiger partial charge >= 0.3 is 0 Å². The second kappa shape index (κ2) is 6.53. The van der Waals surface area contributed by atoms with E-state index in [1.165, 1.54) is 6.07 Å². The number of aliphatic hydroxyl groups excluding tert-OH is 1. The largest absolute Gasteiger partial charge is 0.391 e. The SMILES string of the molecule is CCCC(O)COCc1ccccc1F. The minimum Gasteiger partial charge on any atom is -0.391 e. The van der Waals surface area contributed by atoms with E-state index in [9.17, 15) is 9.50 Å². The third-order valence-electron chi connectivity index (χ3n) is 2.15. The zero-order valence-electron chi connectivity index (χ0n) is 8.95. The topological polar surface area (TPSA) is 29.5 Å². The van der Waals surface area contributed by atoms with Crippen LogP contribution in [-0.2, 0) is 11.3 Å². The molecule has 0 aliphatic rings. The number of rotatable bonds is 6. The first kappa shape index (κ1) is 12.1. The van der Waals surface area contributed by atoms with E-state index in [2.05, 4.69) is 0 Å². The third kappa shape index (κ3) is 4.40. The minimum absolute atomic E-state index is 0.216. The summed E-state index contributed by atoms with van der Waals surface area (Å²) in [6.45, 7) is 2.48. The van der Waals surface area contributed by atoms with Gasteiger partial charge < -0.3 is 9.84 Å². The van der Waals surface area contributed by atoms with Crippen molar-refractivity contribution in [2.45, 2.75) is 32.5 Å². The van der Waals surface area contributed by atoms with Crippen LogP contribution in [0.5, 0.6) is 0 Å². The average molecular weight is 212 g/mol. The summed E-state index contributed by atoms with van der Waals surface area (Å²) in [5, 5.41) is 9.38. The second-order valence-corrected chi connectivity index (χ2v) is 3.55. The van der Waals surface area contributed by atoms with Gasteiger partial charge in [0.05, 0.1) is 19.3 Å². The Hall–Kier alpha value is -0.930. The molecule has 0 bridgehead atoms. The Labute approximate surface area is 89.7 Å². The minimum atomic E-state index is -0.443. The molecule has 0 fully saturated rings. The summed E-state index contributed by atoms with van der Waals surface area (Å²) in [7, 11) is 0. The van der Waals surface area contributed by atoms with E-state index in [4.69, 9.17) is 4.74 Å². The Balaban J connectivity index is 2.29. The van der Waals surface area contributed by atoms with Crippen LogP contribution in [-0.4, -0.2) is 17.8 Å². The molecule has 0 radical (unpaired) electrons. The van der Waals surface area contributed by atoms with Gasteiger partial charge in [-0.1, -0.05) is 31.5 Å². The highest BCUT2D eigenvalue weighted by atomic mass is 19.1. The number of hydrogen-bond donors (Lipinski definition) is 1. The van der Waals surface area contributed by atoms with Gasteiger partial charge in [-0.25, -0.2) is 4.39 Å². The summed E-state index contributed by atoms with van der Waals surface area (Å²) in [4.78, 5) is 0. The van der Waals surface area contributed by atoms with Crippen LogP contribution in [0.2, 0.25) is 0 Å². The predicted molar refractivity (Wildman–Crippen MR) is 57.0 cm³/mol. The van der Waals surface area contributed by atoms with Crippen molar-refractivity contribution in [1.29, 1.82) is 0 Å². The van der Waals surface area contributed by atoms with Gasteiger partial charge in [0, 0.05) is 5.56 Å². The molecule has 0 aromatic heterocycles. The lowest BCUT2D eigenvalue weighted by molar-refractivity contribution is 0.0233. The van der Waals surface area contributed by atoms with Crippen molar-refractivity contribution >= 4 is 0 Å². The number of ether oxygens (including phenoxy) is 1. The monoisotopic (exact) mass is 212 g/mol. The molecule has 1 aromatic carbocycles. The zero-order valence-corrected chi connectivity index (χ0v) is 8.95. The van der Waals surface area contributed by atoms with Crippen LogP contribution in [0, 0.1) is 5.82 Å². The first-order chi connectivity index (χ1) is 7.24. The number of benzene rings is 1. The molecule has 3 heteroatoms. The van der Waals surface area contributed by atoms with Gasteiger partial charge in [-0.15, -0.1) is 0 Å². The fraction of sp³-hybridized carbons (Fsp3) is 0.500. The molecule has 1 N–H and O–H groups in total. The lowest BCUT2D eigenvalue weighted by Gasteiger charge is -2.10. The summed E-state index contributed by atoms with van der Waals surface area (Å²) in [5.74, 6) is -0.262. The standard InChI is InChI=1S/C12H17FO2/c1-2-5-11(14)9-15-8-10-6-3-4-7-12(10)13/h3-4,6-7,11,14H,2,5,8-9H2,1H3. The molecule has 1 rings (SSSR count). The predicted octanol–water partition coefficient (Wildman–Crippen LogP) is 2.50. The van der Waals surface area contributed by atoms with E-state index in [0.29, 0.717) is 5.56 Å². The Morgan fingerprint density at radius 3 is 2.80 bits per heavy atom. The van der Waals surface area contributed by atoms with Crippen LogP contribution >= 0.6 is 0 Å². The second-order valence-electron chi connectivity index (χ2n) is 3.55. The molecule has 0 saturated carbocycles. The number of aliphatic hydroxyl groups is 1. The molecule has 0 spiro atoms. The van der Waals surface area contributed by atoms with Crippen LogP contribution < -0.4 is 0 Å². The van der Waals surface area contributed by atoms with E-state index < -0.39 is 6.10 Å². The first-order valence-electron chi connectivity index (χ1n) is 5.23. The molecule has 1 atom stereocenters. The van der Waals surface area contributed by atoms with Gasteiger partial charge in [-0.2, -0.15) is 0 Å². The molecule has 0 aliphatic heterocycles. The molecular formula is C12H17FO2. The maximum absolute atomic E-state index is 13.1. The van der Waals surface area contributed by atoms with Crippen LogP contribution in [0.15, 0.2) is 24.3 Å². The van der Waals surface area contributed by atoms with E-state index >= 15 is 0 Å². The summed E-state index contributed by atoms with van der Waals surface area (Å²) in [5.41, 5.74) is 0.529. The van der Waals surface area contributed by atoms with E-state index in [0.717, 1.165) is 12.8 Å². The van der Waals surface area contributed by atoms with Crippen LogP contribution in [0.25, 0.3) is 0 Å². The molecule has 0 amide bonds. The Bertz CT molecular complexity index is 289. The molecule has 0 aliphatic carbocycles. The highest BCUT2D eigenvalue weighted by molar-refractivity contribution is 5.16. The Kier molecular flexibility index (Phi) is 5.29. The summed E-state index contributed by atoms with van der Waals surface area (Å²) in [6, 6.07) is 6.50. The van der Waals surface area contributed by atoms with Crippen LogP contribution in [0.4, 0.5) is 4.39 Å². The fourth-order valence-corrected chi connectivity index (χ4v) is 1.34. The number of hydrogen-bond acceptors (Lipinski definition) is 2. The van der Waals surface area contributed by atoms with Gasteiger partial charge in [0.25, 0.3) is 0 Å². The van der Waals surface area contributed by atoms with Crippen molar-refractivity contribution in [3.63, 3.8) is 0 Å². The van der Waals surface area contributed by atoms with Crippen molar-refractivity contribution in [3.05, 3.63) is 35.6 Å². The van der Waals surface area contributed by atoms with Crippen molar-refractivity contribution in [1.82, 2.24) is 0 Å². The molecular weight excluding hydrogens is 195 g/mol. The summed E-state index contributed by atoms with van der Waals surface area (Å²) in [6.07, 6.45) is 1.20. The first-order valence-corrected chi connectivity index (χ1v) is 5.23. The highest BCUT2D eigenvalue weighted by Gasteiger charge is 2.04. The molecule has 1 aromatic rings. The van der Waals surface area contributed by atoms with Gasteiger partial charge in [0.1, 0.15) is 5.82 Å². The van der Waals surface area contributed by atoms with Gasteiger partial charge in [0.2, 0.25) is 0 Å². The van der Waals surface area contributed by atoms with Gasteiger partial charge in [-0.3, -0.25) is 0 Å². The van der Waals surface area contributed by atoms with Gasteiger partial charge in [0.15, 0.2) is 0 Å². The Morgan fingerprint density at radius 1 is 1.40 bits per heavy atom. The van der Waals surface area contributed by atoms with Crippen molar-refractivity contribution in [2.75, 3.05) is 6.61 Å². The molecule has 0 heterocycles. The van der Waals surface area contributed by atoms with Crippen LogP contribution in [0.3, 0.4) is 0 Å². The summed E-state index contributed by atoms with van der Waals surface area (Å²) >= 11 is 0. The maximum atomic E-state index is 13.1. The van der Waals surface area contributed by atoms with Crippen LogP contribution in [0.1, 0.15) is 25.3 Å². The molecule has 0 saturated heterocycles. The van der Waals surface area contributed by atoms with E-state index in [-0.39, 0.29) is 19.0 Å².